The minimum absolute atomic E-state index is 0.218. The lowest BCUT2D eigenvalue weighted by Crippen LogP contribution is -2.43. The summed E-state index contributed by atoms with van der Waals surface area (Å²) >= 11 is 3.24. The maximum atomic E-state index is 13.8. The lowest BCUT2D eigenvalue weighted by molar-refractivity contribution is -0.152. The summed E-state index contributed by atoms with van der Waals surface area (Å²) in [7, 11) is 0. The predicted octanol–water partition coefficient (Wildman–Crippen LogP) is 3.67. The van der Waals surface area contributed by atoms with Gasteiger partial charge in [-0.15, -0.1) is 0 Å². The van der Waals surface area contributed by atoms with E-state index >= 15 is 0 Å². The van der Waals surface area contributed by atoms with Gasteiger partial charge in [-0.25, -0.2) is 4.39 Å². The standard InChI is InChI=1S/C15H19BrFNO2/c1-2-15(14(19)20)5-7-18(8-6-15)10-11-3-4-12(16)9-13(11)17/h3-4,9H,2,5-8,10H2,1H3,(H,19,20). The minimum atomic E-state index is -0.700. The molecule has 1 heterocycles. The highest BCUT2D eigenvalue weighted by molar-refractivity contribution is 9.10. The van der Waals surface area contributed by atoms with Gasteiger partial charge in [0, 0.05) is 16.6 Å². The van der Waals surface area contributed by atoms with Gasteiger partial charge in [-0.2, -0.15) is 0 Å². The minimum Gasteiger partial charge on any atom is -0.481 e. The van der Waals surface area contributed by atoms with Crippen LogP contribution in [0.25, 0.3) is 0 Å². The number of hydrogen-bond donors (Lipinski definition) is 1. The first-order chi connectivity index (χ1) is 9.47. The van der Waals surface area contributed by atoms with E-state index in [1.807, 2.05) is 13.0 Å². The zero-order valence-electron chi connectivity index (χ0n) is 11.5. The van der Waals surface area contributed by atoms with Gasteiger partial charge in [0.15, 0.2) is 0 Å². The number of halogens is 2. The van der Waals surface area contributed by atoms with Crippen LogP contribution >= 0.6 is 15.9 Å². The van der Waals surface area contributed by atoms with Gasteiger partial charge in [0.2, 0.25) is 0 Å². The van der Waals surface area contributed by atoms with Crippen molar-refractivity contribution in [2.75, 3.05) is 13.1 Å². The van der Waals surface area contributed by atoms with Crippen LogP contribution in [0.15, 0.2) is 22.7 Å². The quantitative estimate of drug-likeness (QED) is 0.906. The summed E-state index contributed by atoms with van der Waals surface area (Å²) < 4.78 is 14.5. The summed E-state index contributed by atoms with van der Waals surface area (Å²) in [6, 6.07) is 5.07. The highest BCUT2D eigenvalue weighted by Gasteiger charge is 2.39. The van der Waals surface area contributed by atoms with Crippen LogP contribution in [0, 0.1) is 11.2 Å². The fourth-order valence-electron chi connectivity index (χ4n) is 2.75. The van der Waals surface area contributed by atoms with Crippen LogP contribution in [-0.2, 0) is 11.3 Å². The first-order valence-corrected chi connectivity index (χ1v) is 7.66. The van der Waals surface area contributed by atoms with Gasteiger partial charge in [0.05, 0.1) is 5.41 Å². The molecule has 1 saturated heterocycles. The Morgan fingerprint density at radius 1 is 1.45 bits per heavy atom. The molecule has 1 aromatic rings. The molecule has 1 N–H and O–H groups in total. The van der Waals surface area contributed by atoms with Crippen LogP contribution in [-0.4, -0.2) is 29.1 Å². The van der Waals surface area contributed by atoms with Gasteiger partial charge in [-0.05, 0) is 44.5 Å². The number of likely N-dealkylation sites (tertiary alicyclic amines) is 1. The third-order valence-corrected chi connectivity index (χ3v) is 4.85. The Morgan fingerprint density at radius 2 is 2.10 bits per heavy atom. The molecule has 2 rings (SSSR count). The van der Waals surface area contributed by atoms with Crippen molar-refractivity contribution < 1.29 is 14.3 Å². The van der Waals surface area contributed by atoms with Crippen molar-refractivity contribution in [3.05, 3.63) is 34.1 Å². The topological polar surface area (TPSA) is 40.5 Å². The Bertz CT molecular complexity index is 499. The highest BCUT2D eigenvalue weighted by Crippen LogP contribution is 2.35. The number of piperidine rings is 1. The summed E-state index contributed by atoms with van der Waals surface area (Å²) in [5.74, 6) is -0.917. The van der Waals surface area contributed by atoms with E-state index in [-0.39, 0.29) is 5.82 Å². The molecule has 0 aliphatic carbocycles. The fourth-order valence-corrected chi connectivity index (χ4v) is 3.08. The Balaban J connectivity index is 1.99. The van der Waals surface area contributed by atoms with Crippen LogP contribution in [0.3, 0.4) is 0 Å². The lowest BCUT2D eigenvalue weighted by atomic mass is 9.76. The van der Waals surface area contributed by atoms with E-state index in [2.05, 4.69) is 20.8 Å². The number of carboxylic acids is 1. The number of hydrogen-bond acceptors (Lipinski definition) is 2. The third kappa shape index (κ3) is 3.20. The Morgan fingerprint density at radius 3 is 2.60 bits per heavy atom. The van der Waals surface area contributed by atoms with Gasteiger partial charge in [0.1, 0.15) is 5.82 Å². The van der Waals surface area contributed by atoms with Crippen molar-refractivity contribution in [1.82, 2.24) is 4.90 Å². The normalized spacial score (nSPS) is 18.9. The summed E-state index contributed by atoms with van der Waals surface area (Å²) in [5.41, 5.74) is 0.0712. The van der Waals surface area contributed by atoms with Crippen molar-refractivity contribution in [3.8, 4) is 0 Å². The molecular weight excluding hydrogens is 325 g/mol. The van der Waals surface area contributed by atoms with Gasteiger partial charge in [-0.1, -0.05) is 28.9 Å². The summed E-state index contributed by atoms with van der Waals surface area (Å²) in [6.07, 6.45) is 1.93. The summed E-state index contributed by atoms with van der Waals surface area (Å²) in [4.78, 5) is 13.5. The molecular formula is C15H19BrFNO2. The zero-order valence-corrected chi connectivity index (χ0v) is 13.1. The van der Waals surface area contributed by atoms with Crippen LogP contribution in [0.1, 0.15) is 31.7 Å². The Kier molecular flexibility index (Phi) is 4.81. The first kappa shape index (κ1) is 15.4. The largest absolute Gasteiger partial charge is 0.481 e. The fraction of sp³-hybridized carbons (Fsp3) is 0.533. The maximum absolute atomic E-state index is 13.8. The number of aliphatic carboxylic acids is 1. The molecule has 5 heteroatoms. The lowest BCUT2D eigenvalue weighted by Gasteiger charge is -2.38. The van der Waals surface area contributed by atoms with Crippen molar-refractivity contribution in [2.24, 2.45) is 5.41 Å². The molecule has 0 saturated carbocycles. The zero-order chi connectivity index (χ0) is 14.8. The van der Waals surface area contributed by atoms with Crippen molar-refractivity contribution in [3.63, 3.8) is 0 Å². The number of rotatable bonds is 4. The number of carboxylic acid groups (broad SMARTS) is 1. The second-order valence-corrected chi connectivity index (χ2v) is 6.37. The van der Waals surface area contributed by atoms with E-state index in [1.165, 1.54) is 6.07 Å². The average molecular weight is 344 g/mol. The van der Waals surface area contributed by atoms with Crippen LogP contribution in [0.4, 0.5) is 4.39 Å². The molecule has 0 atom stereocenters. The molecule has 3 nitrogen and oxygen atoms in total. The van der Waals surface area contributed by atoms with E-state index in [0.29, 0.717) is 44.5 Å². The Hall–Kier alpha value is -0.940. The number of carbonyl (C=O) groups is 1. The van der Waals surface area contributed by atoms with Crippen LogP contribution in [0.2, 0.25) is 0 Å². The van der Waals surface area contributed by atoms with Crippen molar-refractivity contribution in [1.29, 1.82) is 0 Å². The molecule has 1 aromatic carbocycles. The first-order valence-electron chi connectivity index (χ1n) is 6.86. The second-order valence-electron chi connectivity index (χ2n) is 5.45. The van der Waals surface area contributed by atoms with E-state index in [4.69, 9.17) is 0 Å². The molecule has 0 unspecified atom stereocenters. The van der Waals surface area contributed by atoms with Crippen molar-refractivity contribution in [2.45, 2.75) is 32.7 Å². The van der Waals surface area contributed by atoms with Crippen molar-refractivity contribution >= 4 is 21.9 Å². The van der Waals surface area contributed by atoms with E-state index in [0.717, 1.165) is 4.47 Å². The molecule has 1 aliphatic heterocycles. The average Bonchev–Trinajstić information content (AvgIpc) is 2.42. The number of nitrogens with zero attached hydrogens (tertiary/aromatic N) is 1. The molecule has 0 radical (unpaired) electrons. The number of benzene rings is 1. The van der Waals surface area contributed by atoms with Gasteiger partial charge < -0.3 is 5.11 Å². The van der Waals surface area contributed by atoms with Crippen LogP contribution in [0.5, 0.6) is 0 Å². The second kappa shape index (κ2) is 6.22. The molecule has 0 aromatic heterocycles. The third-order valence-electron chi connectivity index (χ3n) is 4.35. The van der Waals surface area contributed by atoms with Crippen LogP contribution < -0.4 is 0 Å². The molecule has 0 amide bonds. The molecule has 0 bridgehead atoms. The summed E-state index contributed by atoms with van der Waals surface area (Å²) in [6.45, 7) is 3.88. The van der Waals surface area contributed by atoms with E-state index in [1.54, 1.807) is 6.07 Å². The van der Waals surface area contributed by atoms with Gasteiger partial charge in [0.25, 0.3) is 0 Å². The predicted molar refractivity (Wildman–Crippen MR) is 79.0 cm³/mol. The molecule has 1 aliphatic rings. The monoisotopic (exact) mass is 343 g/mol. The smallest absolute Gasteiger partial charge is 0.309 e. The summed E-state index contributed by atoms with van der Waals surface area (Å²) in [5, 5.41) is 9.36. The van der Waals surface area contributed by atoms with Gasteiger partial charge in [-0.3, -0.25) is 9.69 Å². The molecule has 20 heavy (non-hydrogen) atoms. The molecule has 1 fully saturated rings. The highest BCUT2D eigenvalue weighted by atomic mass is 79.9. The molecule has 110 valence electrons. The van der Waals surface area contributed by atoms with Gasteiger partial charge >= 0.3 is 5.97 Å². The Labute approximate surface area is 126 Å². The maximum Gasteiger partial charge on any atom is 0.309 e. The SMILES string of the molecule is CCC1(C(=O)O)CCN(Cc2ccc(Br)cc2F)CC1. The molecule has 0 spiro atoms. The van der Waals surface area contributed by atoms with E-state index in [9.17, 15) is 14.3 Å². The van der Waals surface area contributed by atoms with E-state index < -0.39 is 11.4 Å².